The highest BCUT2D eigenvalue weighted by molar-refractivity contribution is 9.10. The van der Waals surface area contributed by atoms with Crippen LogP contribution in [0.1, 0.15) is 30.8 Å². The van der Waals surface area contributed by atoms with Gasteiger partial charge in [0.1, 0.15) is 0 Å². The number of hydrogen-bond acceptors (Lipinski definition) is 4. The summed E-state index contributed by atoms with van der Waals surface area (Å²) in [6.45, 7) is 3.00. The van der Waals surface area contributed by atoms with E-state index < -0.39 is 0 Å². The van der Waals surface area contributed by atoms with Crippen molar-refractivity contribution in [2.75, 3.05) is 6.54 Å². The van der Waals surface area contributed by atoms with Gasteiger partial charge in [-0.05, 0) is 24.1 Å². The summed E-state index contributed by atoms with van der Waals surface area (Å²) in [5.41, 5.74) is 1.30. The molecule has 0 bridgehead atoms. The quantitative estimate of drug-likeness (QED) is 0.890. The summed E-state index contributed by atoms with van der Waals surface area (Å²) in [7, 11) is 0. The van der Waals surface area contributed by atoms with Gasteiger partial charge in [0, 0.05) is 23.5 Å². The number of nitrogens with one attached hydrogen (secondary N) is 1. The van der Waals surface area contributed by atoms with Crippen molar-refractivity contribution >= 4 is 15.9 Å². The predicted octanol–water partition coefficient (Wildman–Crippen LogP) is 3.12. The van der Waals surface area contributed by atoms with E-state index in [9.17, 15) is 0 Å². The maximum Gasteiger partial charge on any atom is 0.227 e. The molecule has 2 rings (SSSR count). The molecule has 18 heavy (non-hydrogen) atoms. The van der Waals surface area contributed by atoms with Crippen LogP contribution in [0, 0.1) is 0 Å². The first-order valence-electron chi connectivity index (χ1n) is 6.04. The van der Waals surface area contributed by atoms with E-state index in [1.54, 1.807) is 0 Å². The molecule has 1 unspecified atom stereocenters. The molecule has 1 heterocycles. The molecule has 2 aromatic rings. The highest BCUT2D eigenvalue weighted by atomic mass is 79.9. The van der Waals surface area contributed by atoms with Gasteiger partial charge in [0.15, 0.2) is 6.33 Å². The van der Waals surface area contributed by atoms with Crippen molar-refractivity contribution in [1.82, 2.24) is 15.5 Å². The van der Waals surface area contributed by atoms with Gasteiger partial charge in [0.2, 0.25) is 5.89 Å². The molecule has 4 nitrogen and oxygen atoms in total. The Morgan fingerprint density at radius 1 is 1.33 bits per heavy atom. The molecule has 1 N–H and O–H groups in total. The van der Waals surface area contributed by atoms with Gasteiger partial charge < -0.3 is 9.84 Å². The maximum atomic E-state index is 4.96. The van der Waals surface area contributed by atoms with Crippen LogP contribution in [0.4, 0.5) is 0 Å². The summed E-state index contributed by atoms with van der Waals surface area (Å²) in [5.74, 6) is 0.674. The lowest BCUT2D eigenvalue weighted by Crippen LogP contribution is -2.23. The van der Waals surface area contributed by atoms with E-state index in [0.717, 1.165) is 23.9 Å². The van der Waals surface area contributed by atoms with E-state index in [1.807, 2.05) is 0 Å². The third kappa shape index (κ3) is 3.65. The molecule has 96 valence electrons. The Balaban J connectivity index is 1.87. The summed E-state index contributed by atoms with van der Waals surface area (Å²) in [4.78, 5) is 4.00. The van der Waals surface area contributed by atoms with Gasteiger partial charge in [-0.3, -0.25) is 0 Å². The molecule has 0 saturated carbocycles. The second kappa shape index (κ2) is 6.66. The minimum Gasteiger partial charge on any atom is -0.340 e. The van der Waals surface area contributed by atoms with Gasteiger partial charge in [0.05, 0.1) is 0 Å². The van der Waals surface area contributed by atoms with Crippen LogP contribution in [0.5, 0.6) is 0 Å². The fourth-order valence-electron chi connectivity index (χ4n) is 1.85. The molecule has 0 aliphatic heterocycles. The molecule has 1 atom stereocenters. The molecular formula is C13H16BrN3O. The minimum atomic E-state index is 0.362. The minimum absolute atomic E-state index is 0.362. The van der Waals surface area contributed by atoms with Crippen molar-refractivity contribution in [3.8, 4) is 0 Å². The topological polar surface area (TPSA) is 51.0 Å². The number of benzene rings is 1. The molecule has 0 spiro atoms. The Labute approximate surface area is 115 Å². The highest BCUT2D eigenvalue weighted by Gasteiger charge is 2.08. The normalized spacial score (nSPS) is 12.6. The number of halogens is 1. The van der Waals surface area contributed by atoms with E-state index >= 15 is 0 Å². The van der Waals surface area contributed by atoms with Gasteiger partial charge in [-0.2, -0.15) is 4.98 Å². The lowest BCUT2D eigenvalue weighted by molar-refractivity contribution is 0.371. The zero-order valence-electron chi connectivity index (χ0n) is 10.3. The van der Waals surface area contributed by atoms with Crippen molar-refractivity contribution < 1.29 is 4.52 Å². The molecule has 1 aromatic heterocycles. The van der Waals surface area contributed by atoms with Gasteiger partial charge in [-0.15, -0.1) is 0 Å². The number of rotatable bonds is 6. The second-order valence-corrected chi connectivity index (χ2v) is 4.97. The zero-order valence-corrected chi connectivity index (χ0v) is 11.9. The Hall–Kier alpha value is -1.20. The van der Waals surface area contributed by atoms with Crippen molar-refractivity contribution in [3.05, 3.63) is 46.5 Å². The first-order chi connectivity index (χ1) is 8.79. The summed E-state index contributed by atoms with van der Waals surface area (Å²) in [6, 6.07) is 8.77. The smallest absolute Gasteiger partial charge is 0.227 e. The van der Waals surface area contributed by atoms with E-state index in [0.29, 0.717) is 11.9 Å². The third-order valence-electron chi connectivity index (χ3n) is 2.82. The molecule has 0 radical (unpaired) electrons. The van der Waals surface area contributed by atoms with Crippen LogP contribution in [-0.2, 0) is 6.42 Å². The van der Waals surface area contributed by atoms with Crippen LogP contribution < -0.4 is 5.32 Å². The first-order valence-corrected chi connectivity index (χ1v) is 6.83. The van der Waals surface area contributed by atoms with E-state index in [2.05, 4.69) is 62.6 Å². The summed E-state index contributed by atoms with van der Waals surface area (Å²) >= 11 is 3.45. The van der Waals surface area contributed by atoms with E-state index in [1.165, 1.54) is 11.9 Å². The first kappa shape index (κ1) is 13.2. The van der Waals surface area contributed by atoms with Crippen molar-refractivity contribution in [2.24, 2.45) is 0 Å². The SMILES string of the molecule is CCC(NCCc1ncno1)c1ccc(Br)cc1. The van der Waals surface area contributed by atoms with Gasteiger partial charge in [-0.1, -0.05) is 40.1 Å². The number of aromatic nitrogens is 2. The van der Waals surface area contributed by atoms with Crippen LogP contribution >= 0.6 is 15.9 Å². The summed E-state index contributed by atoms with van der Waals surface area (Å²) in [5, 5.41) is 7.09. The molecule has 5 heteroatoms. The van der Waals surface area contributed by atoms with Gasteiger partial charge >= 0.3 is 0 Å². The van der Waals surface area contributed by atoms with Crippen molar-refractivity contribution in [1.29, 1.82) is 0 Å². The standard InChI is InChI=1S/C13H16BrN3O/c1-2-12(10-3-5-11(14)6-4-10)15-8-7-13-16-9-17-18-13/h3-6,9,12,15H,2,7-8H2,1H3. The van der Waals surface area contributed by atoms with Gasteiger partial charge in [0.25, 0.3) is 0 Å². The molecule has 1 aromatic carbocycles. The Bertz CT molecular complexity index is 456. The van der Waals surface area contributed by atoms with Crippen LogP contribution in [-0.4, -0.2) is 16.7 Å². The molecular weight excluding hydrogens is 294 g/mol. The molecule has 0 aliphatic rings. The Morgan fingerprint density at radius 2 is 2.11 bits per heavy atom. The third-order valence-corrected chi connectivity index (χ3v) is 3.35. The predicted molar refractivity (Wildman–Crippen MR) is 73.2 cm³/mol. The van der Waals surface area contributed by atoms with Crippen LogP contribution in [0.3, 0.4) is 0 Å². The Kier molecular flexibility index (Phi) is 4.90. The van der Waals surface area contributed by atoms with E-state index in [4.69, 9.17) is 4.52 Å². The van der Waals surface area contributed by atoms with Crippen LogP contribution in [0.15, 0.2) is 39.6 Å². The lowest BCUT2D eigenvalue weighted by atomic mass is 10.0. The zero-order chi connectivity index (χ0) is 12.8. The molecule has 0 saturated heterocycles. The number of nitrogens with zero attached hydrogens (tertiary/aromatic N) is 2. The maximum absolute atomic E-state index is 4.96. The molecule has 0 aliphatic carbocycles. The molecule has 0 fully saturated rings. The van der Waals surface area contributed by atoms with Crippen molar-refractivity contribution in [3.63, 3.8) is 0 Å². The largest absolute Gasteiger partial charge is 0.340 e. The van der Waals surface area contributed by atoms with Crippen LogP contribution in [0.25, 0.3) is 0 Å². The van der Waals surface area contributed by atoms with E-state index in [-0.39, 0.29) is 0 Å². The fourth-order valence-corrected chi connectivity index (χ4v) is 2.12. The average Bonchev–Trinajstić information content (AvgIpc) is 2.89. The Morgan fingerprint density at radius 3 is 2.72 bits per heavy atom. The monoisotopic (exact) mass is 309 g/mol. The summed E-state index contributed by atoms with van der Waals surface area (Å²) in [6.07, 6.45) is 3.24. The molecule has 0 amide bonds. The highest BCUT2D eigenvalue weighted by Crippen LogP contribution is 2.19. The summed E-state index contributed by atoms with van der Waals surface area (Å²) < 4.78 is 6.07. The van der Waals surface area contributed by atoms with Crippen molar-refractivity contribution in [2.45, 2.75) is 25.8 Å². The second-order valence-electron chi connectivity index (χ2n) is 4.05. The lowest BCUT2D eigenvalue weighted by Gasteiger charge is -2.17. The van der Waals surface area contributed by atoms with Crippen LogP contribution in [0.2, 0.25) is 0 Å². The van der Waals surface area contributed by atoms with Gasteiger partial charge in [-0.25, -0.2) is 0 Å². The fraction of sp³-hybridized carbons (Fsp3) is 0.385. The number of hydrogen-bond donors (Lipinski definition) is 1. The average molecular weight is 310 g/mol.